The molecule has 0 aliphatic carbocycles. The highest BCUT2D eigenvalue weighted by Gasteiger charge is 2.53. The topological polar surface area (TPSA) is 307 Å². The molecule has 92 heavy (non-hydrogen) atoms. The molecule has 3 aliphatic rings. The van der Waals surface area contributed by atoms with Crippen LogP contribution in [0.1, 0.15) is 187 Å². The van der Waals surface area contributed by atoms with Crippen molar-refractivity contribution in [2.75, 3.05) is 26.4 Å². The second kappa shape index (κ2) is 53.1. The van der Waals surface area contributed by atoms with Crippen molar-refractivity contribution >= 4 is 5.91 Å². The van der Waals surface area contributed by atoms with Crippen LogP contribution in [0.15, 0.2) is 134 Å². The maximum absolute atomic E-state index is 13.4. The lowest BCUT2D eigenvalue weighted by Gasteiger charge is -2.48. The van der Waals surface area contributed by atoms with Crippen LogP contribution in [0.5, 0.6) is 0 Å². The first kappa shape index (κ1) is 82.2. The third-order valence-corrected chi connectivity index (χ3v) is 16.2. The largest absolute Gasteiger partial charge is 0.394 e. The fraction of sp³-hybridized carbons (Fsp3) is 0.685. The van der Waals surface area contributed by atoms with E-state index in [0.717, 1.165) is 109 Å². The lowest BCUT2D eigenvalue weighted by atomic mass is 9.96. The molecule has 0 spiro atoms. The summed E-state index contributed by atoms with van der Waals surface area (Å²) in [5.74, 6) is -0.312. The highest BCUT2D eigenvalue weighted by Crippen LogP contribution is 2.33. The van der Waals surface area contributed by atoms with Gasteiger partial charge in [0.05, 0.1) is 38.6 Å². The molecule has 0 radical (unpaired) electrons. The molecule has 17 atom stereocenters. The Kier molecular flexibility index (Phi) is 47.4. The molecule has 0 bridgehead atoms. The zero-order valence-corrected chi connectivity index (χ0v) is 55.2. The summed E-state index contributed by atoms with van der Waals surface area (Å²) in [5, 5.41) is 120. The lowest BCUT2D eigenvalue weighted by molar-refractivity contribution is -0.379. The quantitative estimate of drug-likeness (QED) is 0.0200. The summed E-state index contributed by atoms with van der Waals surface area (Å²) in [6.07, 6.45) is 47.2. The summed E-state index contributed by atoms with van der Waals surface area (Å²) >= 11 is 0. The molecule has 3 aliphatic heterocycles. The standard InChI is InChI=1S/C73H119NO18/c1-3-5-7-9-11-13-15-17-19-20-21-22-23-24-25-26-27-28-29-30-31-32-33-34-35-36-37-39-41-43-45-47-49-51-61(79)74-56(57(78)50-48-46-44-42-40-38-18-16-14-12-10-8-6-4-2)55-87-71-67(85)64(82)69(59(53-76)89-71)92-73-68(86)65(83)70(60(54-77)90-73)91-72-66(84)63(81)62(80)58(52-75)88-72/h5,7,11,13,17,19,21-22,24-25,27-28,30-31,33-34,36-37,40,42,48,50,56-60,62-73,75-78,80-86H,3-4,6,8-10,12,14-16,18,20,23,26,29,32,35,38-39,41,43-47,49,51-55H2,1-2H3,(H,74,79)/b7-5-,13-11-,19-17-,22-21-,25-24-,28-27-,31-30-,34-33-,37-36-,42-40+,50-48+. The third-order valence-electron chi connectivity index (χ3n) is 16.2. The Hall–Kier alpha value is -4.07. The van der Waals surface area contributed by atoms with Crippen molar-refractivity contribution in [3.63, 3.8) is 0 Å². The van der Waals surface area contributed by atoms with Gasteiger partial charge >= 0.3 is 0 Å². The number of aliphatic hydroxyl groups excluding tert-OH is 11. The molecule has 524 valence electrons. The van der Waals surface area contributed by atoms with Crippen LogP contribution in [-0.4, -0.2) is 193 Å². The van der Waals surface area contributed by atoms with Gasteiger partial charge in [-0.05, 0) is 103 Å². The van der Waals surface area contributed by atoms with Crippen molar-refractivity contribution in [1.29, 1.82) is 0 Å². The monoisotopic (exact) mass is 1300 g/mol. The van der Waals surface area contributed by atoms with Gasteiger partial charge in [0.25, 0.3) is 0 Å². The van der Waals surface area contributed by atoms with Crippen molar-refractivity contribution in [1.82, 2.24) is 5.32 Å². The molecule has 3 rings (SSSR count). The van der Waals surface area contributed by atoms with E-state index in [4.69, 9.17) is 28.4 Å². The molecule has 1 amide bonds. The number of carbonyl (C=O) groups excluding carboxylic acids is 1. The van der Waals surface area contributed by atoms with Crippen LogP contribution < -0.4 is 5.32 Å². The number of carbonyl (C=O) groups is 1. The Morgan fingerprint density at radius 1 is 0.402 bits per heavy atom. The van der Waals surface area contributed by atoms with Gasteiger partial charge in [-0.15, -0.1) is 0 Å². The number of aliphatic hydroxyl groups is 11. The number of nitrogens with one attached hydrogen (secondary N) is 1. The Labute approximate surface area is 550 Å². The van der Waals surface area contributed by atoms with E-state index in [1.165, 1.54) is 44.9 Å². The molecule has 3 heterocycles. The zero-order chi connectivity index (χ0) is 66.8. The van der Waals surface area contributed by atoms with Crippen molar-refractivity contribution in [3.05, 3.63) is 134 Å². The number of ether oxygens (including phenoxy) is 6. The van der Waals surface area contributed by atoms with Crippen molar-refractivity contribution < 1.29 is 89.4 Å². The Balaban J connectivity index is 1.42. The van der Waals surface area contributed by atoms with Crippen molar-refractivity contribution in [2.24, 2.45) is 0 Å². The number of hydrogen-bond donors (Lipinski definition) is 12. The summed E-state index contributed by atoms with van der Waals surface area (Å²) in [4.78, 5) is 13.4. The van der Waals surface area contributed by atoms with Gasteiger partial charge in [0, 0.05) is 6.42 Å². The van der Waals surface area contributed by atoms with Gasteiger partial charge in [-0.2, -0.15) is 0 Å². The summed E-state index contributed by atoms with van der Waals surface area (Å²) in [6, 6.07) is -1.01. The predicted octanol–water partition coefficient (Wildman–Crippen LogP) is 8.99. The number of rotatable bonds is 50. The SMILES string of the molecule is CC/C=C\C/C=C\C/C=C\C/C=C\C/C=C\C/C=C\C/C=C\C/C=C\C/C=C\CCCCCCCC(=O)NC(COC1OC(CO)C(OC2OC(CO)C(OC3OC(CO)C(O)C(O)C3O)C(O)C2O)C(O)C1O)C(O)/C=C/CC/C=C/CCCCCCCCCC. The van der Waals surface area contributed by atoms with E-state index >= 15 is 0 Å². The summed E-state index contributed by atoms with van der Waals surface area (Å²) in [5.41, 5.74) is 0. The number of amides is 1. The second-order valence-corrected chi connectivity index (χ2v) is 23.9. The van der Waals surface area contributed by atoms with Crippen LogP contribution in [0.25, 0.3) is 0 Å². The van der Waals surface area contributed by atoms with Crippen LogP contribution in [-0.2, 0) is 33.2 Å². The fourth-order valence-electron chi connectivity index (χ4n) is 10.6. The molecule has 3 fully saturated rings. The molecule has 17 unspecified atom stereocenters. The van der Waals surface area contributed by atoms with Gasteiger partial charge in [0.1, 0.15) is 73.2 Å². The fourth-order valence-corrected chi connectivity index (χ4v) is 10.6. The van der Waals surface area contributed by atoms with Gasteiger partial charge in [-0.1, -0.05) is 212 Å². The van der Waals surface area contributed by atoms with Crippen LogP contribution in [0.2, 0.25) is 0 Å². The van der Waals surface area contributed by atoms with Gasteiger partial charge in [0.15, 0.2) is 18.9 Å². The minimum Gasteiger partial charge on any atom is -0.394 e. The molecular formula is C73H119NO18. The van der Waals surface area contributed by atoms with Crippen LogP contribution in [0, 0.1) is 0 Å². The van der Waals surface area contributed by atoms with Crippen LogP contribution in [0.4, 0.5) is 0 Å². The van der Waals surface area contributed by atoms with Gasteiger partial charge in [-0.3, -0.25) is 4.79 Å². The average Bonchev–Trinajstić information content (AvgIpc) is 0.840. The second-order valence-electron chi connectivity index (χ2n) is 23.9. The van der Waals surface area contributed by atoms with Crippen molar-refractivity contribution in [3.8, 4) is 0 Å². The summed E-state index contributed by atoms with van der Waals surface area (Å²) < 4.78 is 34.3. The Morgan fingerprint density at radius 3 is 1.22 bits per heavy atom. The van der Waals surface area contributed by atoms with Gasteiger partial charge < -0.3 is 89.9 Å². The summed E-state index contributed by atoms with van der Waals surface area (Å²) in [7, 11) is 0. The molecule has 0 aromatic rings. The maximum Gasteiger partial charge on any atom is 0.220 e. The normalized spacial score (nSPS) is 28.6. The first-order valence-corrected chi connectivity index (χ1v) is 34.4. The van der Waals surface area contributed by atoms with E-state index < -0.39 is 124 Å². The number of allylic oxidation sites excluding steroid dienone is 21. The van der Waals surface area contributed by atoms with E-state index in [1.54, 1.807) is 6.08 Å². The number of unbranched alkanes of at least 4 members (excludes halogenated alkanes) is 14. The Bertz CT molecular complexity index is 2190. The highest BCUT2D eigenvalue weighted by atomic mass is 16.8. The van der Waals surface area contributed by atoms with Gasteiger partial charge in [-0.25, -0.2) is 0 Å². The van der Waals surface area contributed by atoms with E-state index in [-0.39, 0.29) is 18.9 Å². The minimum atomic E-state index is -1.99. The first-order chi connectivity index (χ1) is 44.8. The first-order valence-electron chi connectivity index (χ1n) is 34.4. The number of hydrogen-bond acceptors (Lipinski definition) is 18. The minimum absolute atomic E-state index is 0.203. The molecule has 3 saturated heterocycles. The smallest absolute Gasteiger partial charge is 0.220 e. The van der Waals surface area contributed by atoms with E-state index in [0.29, 0.717) is 12.8 Å². The predicted molar refractivity (Wildman–Crippen MR) is 359 cm³/mol. The molecular weight excluding hydrogens is 1180 g/mol. The highest BCUT2D eigenvalue weighted by molar-refractivity contribution is 5.76. The van der Waals surface area contributed by atoms with Crippen LogP contribution >= 0.6 is 0 Å². The van der Waals surface area contributed by atoms with E-state index in [1.807, 2.05) is 6.08 Å². The molecule has 0 saturated carbocycles. The van der Waals surface area contributed by atoms with E-state index in [9.17, 15) is 61.0 Å². The zero-order valence-electron chi connectivity index (χ0n) is 55.2. The summed E-state index contributed by atoms with van der Waals surface area (Å²) in [6.45, 7) is 1.54. The van der Waals surface area contributed by atoms with E-state index in [2.05, 4.69) is 141 Å². The van der Waals surface area contributed by atoms with Crippen molar-refractivity contribution in [2.45, 2.75) is 291 Å². The van der Waals surface area contributed by atoms with Gasteiger partial charge in [0.2, 0.25) is 5.91 Å². The molecule has 0 aromatic carbocycles. The molecule has 12 N–H and O–H groups in total. The molecule has 0 aromatic heterocycles. The molecule has 19 heteroatoms. The lowest BCUT2D eigenvalue weighted by Crippen LogP contribution is -2.66. The average molecular weight is 1300 g/mol. The maximum atomic E-state index is 13.4. The Morgan fingerprint density at radius 2 is 0.761 bits per heavy atom. The third kappa shape index (κ3) is 34.6. The van der Waals surface area contributed by atoms with Crippen LogP contribution in [0.3, 0.4) is 0 Å². The molecule has 19 nitrogen and oxygen atoms in total.